The van der Waals surface area contributed by atoms with Crippen molar-refractivity contribution in [2.75, 3.05) is 6.61 Å². The second-order valence-electron chi connectivity index (χ2n) is 5.00. The van der Waals surface area contributed by atoms with Crippen molar-refractivity contribution in [1.82, 2.24) is 5.32 Å². The van der Waals surface area contributed by atoms with Gasteiger partial charge in [0.05, 0.1) is 6.10 Å². The van der Waals surface area contributed by atoms with Crippen LogP contribution in [0.4, 0.5) is 0 Å². The lowest BCUT2D eigenvalue weighted by atomic mass is 9.98. The SMILES string of the molecule is C[C@@H](CC(=O)NCc1ccccc1)[C@H]1CCCO1. The standard InChI is InChI=1S/C15H21NO2/c1-12(14-8-5-9-18-14)10-15(17)16-11-13-6-3-2-4-7-13/h2-4,6-7,12,14H,5,8-11H2,1H3,(H,16,17)/t12-,14+/m0/s1. The summed E-state index contributed by atoms with van der Waals surface area (Å²) in [5.74, 6) is 0.421. The lowest BCUT2D eigenvalue weighted by Gasteiger charge is -2.17. The lowest BCUT2D eigenvalue weighted by Crippen LogP contribution is -2.28. The van der Waals surface area contributed by atoms with Crippen molar-refractivity contribution < 1.29 is 9.53 Å². The average molecular weight is 247 g/mol. The molecule has 0 unspecified atom stereocenters. The topological polar surface area (TPSA) is 38.3 Å². The molecule has 1 saturated heterocycles. The van der Waals surface area contributed by atoms with Gasteiger partial charge in [-0.25, -0.2) is 0 Å². The minimum Gasteiger partial charge on any atom is -0.378 e. The molecule has 3 heteroatoms. The zero-order valence-corrected chi connectivity index (χ0v) is 10.9. The number of amides is 1. The summed E-state index contributed by atoms with van der Waals surface area (Å²) in [6.45, 7) is 3.55. The highest BCUT2D eigenvalue weighted by molar-refractivity contribution is 5.76. The quantitative estimate of drug-likeness (QED) is 0.868. The first-order valence-corrected chi connectivity index (χ1v) is 6.68. The zero-order chi connectivity index (χ0) is 12.8. The van der Waals surface area contributed by atoms with Gasteiger partial charge in [-0.05, 0) is 24.3 Å². The molecular weight excluding hydrogens is 226 g/mol. The Labute approximate surface area is 109 Å². The highest BCUT2D eigenvalue weighted by Gasteiger charge is 2.24. The fraction of sp³-hybridized carbons (Fsp3) is 0.533. The van der Waals surface area contributed by atoms with E-state index in [1.165, 1.54) is 0 Å². The number of hydrogen-bond acceptors (Lipinski definition) is 2. The number of rotatable bonds is 5. The molecule has 2 rings (SSSR count). The molecule has 0 aliphatic carbocycles. The van der Waals surface area contributed by atoms with Crippen molar-refractivity contribution in [2.45, 2.75) is 38.8 Å². The van der Waals surface area contributed by atoms with Crippen molar-refractivity contribution in [3.63, 3.8) is 0 Å². The van der Waals surface area contributed by atoms with Crippen LogP contribution in [0.15, 0.2) is 30.3 Å². The molecule has 1 aliphatic heterocycles. The van der Waals surface area contributed by atoms with Gasteiger partial charge in [-0.1, -0.05) is 37.3 Å². The van der Waals surface area contributed by atoms with Crippen LogP contribution in [-0.2, 0) is 16.1 Å². The summed E-state index contributed by atoms with van der Waals surface area (Å²) in [7, 11) is 0. The Kier molecular flexibility index (Phi) is 4.76. The van der Waals surface area contributed by atoms with Crippen molar-refractivity contribution in [3.8, 4) is 0 Å². The second kappa shape index (κ2) is 6.55. The molecule has 1 aromatic rings. The van der Waals surface area contributed by atoms with Gasteiger partial charge in [0.25, 0.3) is 0 Å². The summed E-state index contributed by atoms with van der Waals surface area (Å²) in [5, 5.41) is 2.96. The Morgan fingerprint density at radius 2 is 2.22 bits per heavy atom. The first kappa shape index (κ1) is 13.1. The Morgan fingerprint density at radius 3 is 2.89 bits per heavy atom. The third kappa shape index (κ3) is 3.84. The van der Waals surface area contributed by atoms with Crippen molar-refractivity contribution in [3.05, 3.63) is 35.9 Å². The Hall–Kier alpha value is -1.35. The maximum Gasteiger partial charge on any atom is 0.220 e. The van der Waals surface area contributed by atoms with E-state index in [1.54, 1.807) is 0 Å². The van der Waals surface area contributed by atoms with Gasteiger partial charge in [0, 0.05) is 19.6 Å². The summed E-state index contributed by atoms with van der Waals surface area (Å²) < 4.78 is 5.60. The van der Waals surface area contributed by atoms with E-state index >= 15 is 0 Å². The molecule has 0 bridgehead atoms. The van der Waals surface area contributed by atoms with Gasteiger partial charge in [-0.3, -0.25) is 4.79 Å². The van der Waals surface area contributed by atoms with Crippen LogP contribution in [0.2, 0.25) is 0 Å². The highest BCUT2D eigenvalue weighted by Crippen LogP contribution is 2.22. The van der Waals surface area contributed by atoms with Crippen molar-refractivity contribution in [1.29, 1.82) is 0 Å². The van der Waals surface area contributed by atoms with Crippen molar-refractivity contribution in [2.24, 2.45) is 5.92 Å². The number of hydrogen-bond donors (Lipinski definition) is 1. The molecule has 3 nitrogen and oxygen atoms in total. The summed E-state index contributed by atoms with van der Waals surface area (Å²) in [4.78, 5) is 11.8. The zero-order valence-electron chi connectivity index (χ0n) is 10.9. The monoisotopic (exact) mass is 247 g/mol. The van der Waals surface area contributed by atoms with Gasteiger partial charge in [0.1, 0.15) is 0 Å². The van der Waals surface area contributed by atoms with Gasteiger partial charge in [-0.15, -0.1) is 0 Å². The molecule has 1 N–H and O–H groups in total. The molecule has 0 saturated carbocycles. The minimum atomic E-state index is 0.113. The Morgan fingerprint density at radius 1 is 1.44 bits per heavy atom. The third-order valence-corrected chi connectivity index (χ3v) is 3.44. The fourth-order valence-electron chi connectivity index (χ4n) is 2.34. The lowest BCUT2D eigenvalue weighted by molar-refractivity contribution is -0.123. The van der Waals surface area contributed by atoms with E-state index in [0.29, 0.717) is 18.9 Å². The molecule has 98 valence electrons. The third-order valence-electron chi connectivity index (χ3n) is 3.44. The minimum absolute atomic E-state index is 0.113. The largest absolute Gasteiger partial charge is 0.378 e. The normalized spacial score (nSPS) is 20.6. The molecule has 0 spiro atoms. The summed E-state index contributed by atoms with van der Waals surface area (Å²) in [5.41, 5.74) is 1.13. The Balaban J connectivity index is 1.71. The van der Waals surface area contributed by atoms with E-state index in [4.69, 9.17) is 4.74 Å². The van der Waals surface area contributed by atoms with E-state index in [1.807, 2.05) is 30.3 Å². The van der Waals surface area contributed by atoms with Gasteiger partial charge in [-0.2, -0.15) is 0 Å². The van der Waals surface area contributed by atoms with E-state index < -0.39 is 0 Å². The summed E-state index contributed by atoms with van der Waals surface area (Å²) >= 11 is 0. The molecule has 1 amide bonds. The van der Waals surface area contributed by atoms with Gasteiger partial charge < -0.3 is 10.1 Å². The van der Waals surface area contributed by atoms with Crippen LogP contribution in [-0.4, -0.2) is 18.6 Å². The van der Waals surface area contributed by atoms with Crippen LogP contribution in [0, 0.1) is 5.92 Å². The molecule has 2 atom stereocenters. The van der Waals surface area contributed by atoms with Crippen LogP contribution in [0.3, 0.4) is 0 Å². The second-order valence-corrected chi connectivity index (χ2v) is 5.00. The Bertz CT molecular complexity index is 371. The predicted octanol–water partition coefficient (Wildman–Crippen LogP) is 2.51. The predicted molar refractivity (Wildman–Crippen MR) is 71.0 cm³/mol. The van der Waals surface area contributed by atoms with Crippen LogP contribution >= 0.6 is 0 Å². The van der Waals surface area contributed by atoms with Crippen LogP contribution in [0.5, 0.6) is 0 Å². The number of ether oxygens (including phenoxy) is 1. The molecule has 0 radical (unpaired) electrons. The molecule has 1 aliphatic rings. The maximum absolute atomic E-state index is 11.8. The van der Waals surface area contributed by atoms with Gasteiger partial charge in [0.2, 0.25) is 5.91 Å². The summed E-state index contributed by atoms with van der Waals surface area (Å²) in [6.07, 6.45) is 3.04. The van der Waals surface area contributed by atoms with E-state index in [9.17, 15) is 4.79 Å². The van der Waals surface area contributed by atoms with E-state index in [0.717, 1.165) is 25.0 Å². The summed E-state index contributed by atoms with van der Waals surface area (Å²) in [6, 6.07) is 9.98. The number of carbonyl (C=O) groups is 1. The maximum atomic E-state index is 11.8. The van der Waals surface area contributed by atoms with E-state index in [-0.39, 0.29) is 12.0 Å². The van der Waals surface area contributed by atoms with Gasteiger partial charge in [0.15, 0.2) is 0 Å². The molecule has 1 fully saturated rings. The average Bonchev–Trinajstić information content (AvgIpc) is 2.91. The first-order chi connectivity index (χ1) is 8.75. The molecule has 1 aromatic carbocycles. The van der Waals surface area contributed by atoms with Gasteiger partial charge >= 0.3 is 0 Å². The van der Waals surface area contributed by atoms with Crippen LogP contribution in [0.25, 0.3) is 0 Å². The van der Waals surface area contributed by atoms with Crippen molar-refractivity contribution >= 4 is 5.91 Å². The number of carbonyl (C=O) groups excluding carboxylic acids is 1. The molecule has 18 heavy (non-hydrogen) atoms. The molecular formula is C15H21NO2. The molecule has 0 aromatic heterocycles. The first-order valence-electron chi connectivity index (χ1n) is 6.68. The fourth-order valence-corrected chi connectivity index (χ4v) is 2.34. The highest BCUT2D eigenvalue weighted by atomic mass is 16.5. The van der Waals surface area contributed by atoms with Crippen LogP contribution < -0.4 is 5.32 Å². The van der Waals surface area contributed by atoms with Crippen LogP contribution in [0.1, 0.15) is 31.7 Å². The molecule has 1 heterocycles. The van der Waals surface area contributed by atoms with E-state index in [2.05, 4.69) is 12.2 Å². The number of benzene rings is 1. The smallest absolute Gasteiger partial charge is 0.220 e. The number of nitrogens with one attached hydrogen (secondary N) is 1.